The zero-order valence-corrected chi connectivity index (χ0v) is 14.5. The predicted octanol–water partition coefficient (Wildman–Crippen LogP) is 6.33. The van der Waals surface area contributed by atoms with Crippen LogP contribution in [0.15, 0.2) is 42.5 Å². The van der Waals surface area contributed by atoms with Gasteiger partial charge in [0.15, 0.2) is 0 Å². The maximum absolute atomic E-state index is 6.09. The van der Waals surface area contributed by atoms with Gasteiger partial charge in [-0.15, -0.1) is 0 Å². The van der Waals surface area contributed by atoms with E-state index < -0.39 is 0 Å². The monoisotopic (exact) mass is 350 g/mol. The summed E-state index contributed by atoms with van der Waals surface area (Å²) in [6.07, 6.45) is 1.13. The highest BCUT2D eigenvalue weighted by Crippen LogP contribution is 2.32. The highest BCUT2D eigenvalue weighted by Gasteiger charge is 2.11. The fraction of sp³-hybridized carbons (Fsp3) is 0.333. The molecule has 0 bridgehead atoms. The molecule has 2 aromatic rings. The molecule has 0 aliphatic rings. The van der Waals surface area contributed by atoms with Crippen molar-refractivity contribution in [1.82, 2.24) is 0 Å². The van der Waals surface area contributed by atoms with Gasteiger partial charge < -0.3 is 0 Å². The molecule has 0 saturated carbocycles. The largest absolute Gasteiger partial charge is 0.0841 e. The minimum atomic E-state index is 0.214. The van der Waals surface area contributed by atoms with Crippen LogP contribution in [-0.2, 0) is 6.42 Å². The first-order valence-electron chi connectivity index (χ1n) is 6.96. The van der Waals surface area contributed by atoms with E-state index in [2.05, 4.69) is 66.2 Å². The molecule has 106 valence electrons. The molecule has 0 N–H and O–H groups in total. The number of rotatable bonds is 4. The lowest BCUT2D eigenvalue weighted by molar-refractivity contribution is 0.647. The minimum absolute atomic E-state index is 0.214. The number of alkyl halides is 1. The van der Waals surface area contributed by atoms with Crippen molar-refractivity contribution in [2.24, 2.45) is 5.92 Å². The van der Waals surface area contributed by atoms with E-state index in [1.54, 1.807) is 0 Å². The molecule has 1 unspecified atom stereocenters. The van der Waals surface area contributed by atoms with Gasteiger partial charge >= 0.3 is 0 Å². The van der Waals surface area contributed by atoms with Crippen molar-refractivity contribution in [1.29, 1.82) is 0 Å². The van der Waals surface area contributed by atoms with Gasteiger partial charge in [-0.1, -0.05) is 77.8 Å². The van der Waals surface area contributed by atoms with Crippen LogP contribution in [0.3, 0.4) is 0 Å². The van der Waals surface area contributed by atoms with Crippen LogP contribution < -0.4 is 0 Å². The Morgan fingerprint density at radius 1 is 1.00 bits per heavy atom. The third-order valence-corrected chi connectivity index (χ3v) is 4.87. The van der Waals surface area contributed by atoms with Crippen LogP contribution in [-0.4, -0.2) is 0 Å². The van der Waals surface area contributed by atoms with Crippen LogP contribution >= 0.6 is 27.5 Å². The van der Waals surface area contributed by atoms with E-state index in [0.29, 0.717) is 5.92 Å². The Morgan fingerprint density at radius 2 is 1.60 bits per heavy atom. The van der Waals surface area contributed by atoms with Gasteiger partial charge in [0.1, 0.15) is 0 Å². The lowest BCUT2D eigenvalue weighted by Crippen LogP contribution is -1.97. The first kappa shape index (κ1) is 15.6. The second-order valence-electron chi connectivity index (χ2n) is 5.71. The molecule has 0 aliphatic heterocycles. The molecule has 0 fully saturated rings. The summed E-state index contributed by atoms with van der Waals surface area (Å²) in [5, 5.41) is 0.820. The van der Waals surface area contributed by atoms with Crippen molar-refractivity contribution in [3.05, 3.63) is 69.7 Å². The smallest absolute Gasteiger partial charge is 0.0644 e. The molecule has 1 atom stereocenters. The van der Waals surface area contributed by atoms with Crippen LogP contribution in [0, 0.1) is 12.8 Å². The Morgan fingerprint density at radius 3 is 2.15 bits per heavy atom. The average Bonchev–Trinajstić information content (AvgIpc) is 2.41. The van der Waals surface area contributed by atoms with Gasteiger partial charge in [0.05, 0.1) is 4.83 Å². The van der Waals surface area contributed by atoms with Crippen molar-refractivity contribution < 1.29 is 0 Å². The van der Waals surface area contributed by atoms with Gasteiger partial charge in [-0.2, -0.15) is 0 Å². The van der Waals surface area contributed by atoms with E-state index in [4.69, 9.17) is 11.6 Å². The SMILES string of the molecule is Cc1cc(C(Br)c2ccc(CC(C)C)cc2)ccc1Cl. The molecule has 0 aliphatic carbocycles. The molecular formula is C18H20BrCl. The molecule has 20 heavy (non-hydrogen) atoms. The summed E-state index contributed by atoms with van der Waals surface area (Å²) in [5.74, 6) is 0.694. The maximum atomic E-state index is 6.09. The lowest BCUT2D eigenvalue weighted by atomic mass is 9.98. The number of aryl methyl sites for hydroxylation is 1. The lowest BCUT2D eigenvalue weighted by Gasteiger charge is -2.13. The zero-order valence-electron chi connectivity index (χ0n) is 12.2. The quantitative estimate of drug-likeness (QED) is 0.564. The zero-order chi connectivity index (χ0) is 14.7. The summed E-state index contributed by atoms with van der Waals surface area (Å²) in [4.78, 5) is 0.214. The Kier molecular flexibility index (Phi) is 5.29. The molecule has 0 radical (unpaired) electrons. The van der Waals surface area contributed by atoms with Gasteiger partial charge in [0.25, 0.3) is 0 Å². The van der Waals surface area contributed by atoms with Crippen molar-refractivity contribution >= 4 is 27.5 Å². The van der Waals surface area contributed by atoms with E-state index in [1.807, 2.05) is 13.0 Å². The molecule has 0 aromatic heterocycles. The molecular weight excluding hydrogens is 332 g/mol. The second kappa shape index (κ2) is 6.78. The van der Waals surface area contributed by atoms with Crippen molar-refractivity contribution in [3.8, 4) is 0 Å². The molecule has 2 rings (SSSR count). The van der Waals surface area contributed by atoms with Crippen LogP contribution in [0.5, 0.6) is 0 Å². The maximum Gasteiger partial charge on any atom is 0.0644 e. The van der Waals surface area contributed by atoms with Crippen LogP contribution in [0.25, 0.3) is 0 Å². The first-order valence-corrected chi connectivity index (χ1v) is 8.25. The minimum Gasteiger partial charge on any atom is -0.0841 e. The van der Waals surface area contributed by atoms with Gasteiger partial charge in [-0.25, -0.2) is 0 Å². The van der Waals surface area contributed by atoms with Crippen molar-refractivity contribution in [3.63, 3.8) is 0 Å². The van der Waals surface area contributed by atoms with Crippen LogP contribution in [0.4, 0.5) is 0 Å². The van der Waals surface area contributed by atoms with Crippen LogP contribution in [0.2, 0.25) is 5.02 Å². The third-order valence-electron chi connectivity index (χ3n) is 3.39. The fourth-order valence-electron chi connectivity index (χ4n) is 2.31. The van der Waals surface area contributed by atoms with E-state index in [-0.39, 0.29) is 4.83 Å². The average molecular weight is 352 g/mol. The number of halogens is 2. The summed E-state index contributed by atoms with van der Waals surface area (Å²) in [6.45, 7) is 6.53. The van der Waals surface area contributed by atoms with Gasteiger partial charge in [-0.05, 0) is 47.6 Å². The van der Waals surface area contributed by atoms with Crippen molar-refractivity contribution in [2.45, 2.75) is 32.0 Å². The first-order chi connectivity index (χ1) is 9.47. The number of hydrogen-bond donors (Lipinski definition) is 0. The summed E-state index contributed by atoms with van der Waals surface area (Å²) >= 11 is 9.87. The Labute approximate surface area is 135 Å². The summed E-state index contributed by atoms with van der Waals surface area (Å²) in [7, 11) is 0. The molecule has 2 aromatic carbocycles. The van der Waals surface area contributed by atoms with Gasteiger partial charge in [0, 0.05) is 5.02 Å². The normalized spacial score (nSPS) is 12.7. The Hall–Kier alpha value is -0.790. The number of hydrogen-bond acceptors (Lipinski definition) is 0. The Bertz CT molecular complexity index is 572. The predicted molar refractivity (Wildman–Crippen MR) is 91.9 cm³/mol. The summed E-state index contributed by atoms with van der Waals surface area (Å²) in [5.41, 5.74) is 5.03. The van der Waals surface area contributed by atoms with E-state index in [9.17, 15) is 0 Å². The highest BCUT2D eigenvalue weighted by molar-refractivity contribution is 9.09. The second-order valence-corrected chi connectivity index (χ2v) is 7.03. The topological polar surface area (TPSA) is 0 Å². The van der Waals surface area contributed by atoms with E-state index in [0.717, 1.165) is 17.0 Å². The van der Waals surface area contributed by atoms with E-state index in [1.165, 1.54) is 16.7 Å². The molecule has 0 spiro atoms. The molecule has 0 amide bonds. The molecule has 0 saturated heterocycles. The fourth-order valence-corrected chi connectivity index (χ4v) is 3.02. The third kappa shape index (κ3) is 3.86. The number of benzene rings is 2. The molecule has 0 nitrogen and oxygen atoms in total. The van der Waals surface area contributed by atoms with Gasteiger partial charge in [-0.3, -0.25) is 0 Å². The van der Waals surface area contributed by atoms with Gasteiger partial charge in [0.2, 0.25) is 0 Å². The molecule has 0 heterocycles. The van der Waals surface area contributed by atoms with E-state index >= 15 is 0 Å². The van der Waals surface area contributed by atoms with Crippen LogP contribution in [0.1, 0.15) is 40.9 Å². The molecule has 2 heteroatoms. The Balaban J connectivity index is 2.20. The summed E-state index contributed by atoms with van der Waals surface area (Å²) in [6, 6.07) is 15.1. The summed E-state index contributed by atoms with van der Waals surface area (Å²) < 4.78 is 0. The van der Waals surface area contributed by atoms with Crippen molar-refractivity contribution in [2.75, 3.05) is 0 Å². The highest BCUT2D eigenvalue weighted by atomic mass is 79.9. The standard InChI is InChI=1S/C18H20BrCl/c1-12(2)10-14-4-6-15(7-5-14)18(19)16-8-9-17(20)13(3)11-16/h4-9,11-12,18H,10H2,1-3H3.